The molecular weight excluding hydrogens is 344 g/mol. The zero-order chi connectivity index (χ0) is 20.1. The molecule has 0 bridgehead atoms. The number of hydrogen-bond acceptors (Lipinski definition) is 5. The molecule has 5 nitrogen and oxygen atoms in total. The smallest absolute Gasteiger partial charge is 0.310 e. The van der Waals surface area contributed by atoms with Gasteiger partial charge < -0.3 is 9.47 Å². The van der Waals surface area contributed by atoms with E-state index in [4.69, 9.17) is 9.47 Å². The Morgan fingerprint density at radius 3 is 1.93 bits per heavy atom. The summed E-state index contributed by atoms with van der Waals surface area (Å²) in [5, 5.41) is 0. The van der Waals surface area contributed by atoms with Gasteiger partial charge in [0.2, 0.25) is 0 Å². The summed E-state index contributed by atoms with van der Waals surface area (Å²) in [6.45, 7) is 5.46. The number of benzene rings is 1. The van der Waals surface area contributed by atoms with Gasteiger partial charge in [0.25, 0.3) is 0 Å². The van der Waals surface area contributed by atoms with Gasteiger partial charge >= 0.3 is 11.9 Å². The van der Waals surface area contributed by atoms with Crippen molar-refractivity contribution < 1.29 is 23.9 Å². The molecule has 0 fully saturated rings. The Balaban J connectivity index is 2.53. The fourth-order valence-electron chi connectivity index (χ4n) is 3.70. The molecule has 144 valence electrons. The predicted octanol–water partition coefficient (Wildman–Crippen LogP) is 3.84. The second-order valence-electron chi connectivity index (χ2n) is 6.92. The third kappa shape index (κ3) is 4.35. The van der Waals surface area contributed by atoms with Crippen LogP contribution in [0.1, 0.15) is 43.1 Å². The normalized spacial score (nSPS) is 21.3. The third-order valence-electron chi connectivity index (χ3n) is 5.01. The summed E-state index contributed by atoms with van der Waals surface area (Å²) < 4.78 is 9.93. The molecule has 2 rings (SSSR count). The number of carbonyl (C=O) groups is 3. The van der Waals surface area contributed by atoms with E-state index in [1.54, 1.807) is 12.1 Å². The molecule has 0 N–H and O–H groups in total. The zero-order valence-corrected chi connectivity index (χ0v) is 16.4. The lowest BCUT2D eigenvalue weighted by molar-refractivity contribution is -0.158. The maximum Gasteiger partial charge on any atom is 0.310 e. The molecule has 0 heterocycles. The highest BCUT2D eigenvalue weighted by molar-refractivity contribution is 5.94. The Morgan fingerprint density at radius 2 is 1.44 bits per heavy atom. The summed E-state index contributed by atoms with van der Waals surface area (Å²) in [6.07, 6.45) is 4.31. The standard InChI is InChI=1S/C22H26O5/c1-13(2)19(16-11-9-15(10-12-16)14(3)23)17-7-6-8-18(21(24)26-4)20(17)22(25)27-5/h6-7,9-12,17-18,20H,8H2,1-5H3/t17-,18-,20-/m1/s1. The maximum atomic E-state index is 12.6. The van der Waals surface area contributed by atoms with E-state index in [1.165, 1.54) is 21.1 Å². The maximum absolute atomic E-state index is 12.6. The summed E-state index contributed by atoms with van der Waals surface area (Å²) in [7, 11) is 2.65. The number of Topliss-reactive ketones (excluding diaryl/α,β-unsaturated/α-hetero) is 1. The van der Waals surface area contributed by atoms with Crippen LogP contribution in [0.3, 0.4) is 0 Å². The minimum atomic E-state index is -0.662. The Kier molecular flexibility index (Phi) is 6.72. The summed E-state index contributed by atoms with van der Waals surface area (Å²) in [6, 6.07) is 7.31. The van der Waals surface area contributed by atoms with Crippen LogP contribution in [0.25, 0.3) is 5.57 Å². The summed E-state index contributed by atoms with van der Waals surface area (Å²) >= 11 is 0. The van der Waals surface area contributed by atoms with Crippen molar-refractivity contribution >= 4 is 23.3 Å². The molecule has 1 aromatic rings. The second kappa shape index (κ2) is 8.80. The van der Waals surface area contributed by atoms with Gasteiger partial charge in [0.1, 0.15) is 0 Å². The topological polar surface area (TPSA) is 69.7 Å². The van der Waals surface area contributed by atoms with Crippen molar-refractivity contribution in [1.29, 1.82) is 0 Å². The lowest BCUT2D eigenvalue weighted by atomic mass is 9.70. The fraction of sp³-hybridized carbons (Fsp3) is 0.409. The molecule has 0 spiro atoms. The molecule has 5 heteroatoms. The molecule has 1 aliphatic rings. The molecule has 0 unspecified atom stereocenters. The van der Waals surface area contributed by atoms with E-state index in [9.17, 15) is 14.4 Å². The van der Waals surface area contributed by atoms with Crippen molar-refractivity contribution in [3.05, 3.63) is 53.1 Å². The van der Waals surface area contributed by atoms with Crippen molar-refractivity contribution in [2.75, 3.05) is 14.2 Å². The quantitative estimate of drug-likeness (QED) is 0.447. The van der Waals surface area contributed by atoms with Crippen molar-refractivity contribution in [3.8, 4) is 0 Å². The minimum Gasteiger partial charge on any atom is -0.469 e. The van der Waals surface area contributed by atoms with E-state index in [0.29, 0.717) is 12.0 Å². The Morgan fingerprint density at radius 1 is 0.889 bits per heavy atom. The van der Waals surface area contributed by atoms with Crippen molar-refractivity contribution in [3.63, 3.8) is 0 Å². The summed E-state index contributed by atoms with van der Waals surface area (Å²) in [5.74, 6) is -2.42. The van der Waals surface area contributed by atoms with E-state index in [1.807, 2.05) is 38.1 Å². The highest BCUT2D eigenvalue weighted by Crippen LogP contribution is 2.41. The van der Waals surface area contributed by atoms with E-state index >= 15 is 0 Å². The van der Waals surface area contributed by atoms with Crippen LogP contribution in [0.5, 0.6) is 0 Å². The number of ether oxygens (including phenoxy) is 2. The average molecular weight is 370 g/mol. The molecule has 1 aliphatic carbocycles. The van der Waals surface area contributed by atoms with Crippen LogP contribution in [0.4, 0.5) is 0 Å². The van der Waals surface area contributed by atoms with Crippen LogP contribution in [0.15, 0.2) is 42.0 Å². The van der Waals surface area contributed by atoms with Gasteiger partial charge in [-0.05, 0) is 38.3 Å². The van der Waals surface area contributed by atoms with E-state index in [-0.39, 0.29) is 11.7 Å². The second-order valence-corrected chi connectivity index (χ2v) is 6.92. The number of hydrogen-bond donors (Lipinski definition) is 0. The highest BCUT2D eigenvalue weighted by atomic mass is 16.5. The van der Waals surface area contributed by atoms with Gasteiger partial charge in [0, 0.05) is 11.5 Å². The first-order valence-electron chi connectivity index (χ1n) is 8.92. The van der Waals surface area contributed by atoms with E-state index in [2.05, 4.69) is 0 Å². The molecule has 27 heavy (non-hydrogen) atoms. The zero-order valence-electron chi connectivity index (χ0n) is 16.4. The lowest BCUT2D eigenvalue weighted by Gasteiger charge is -2.33. The van der Waals surface area contributed by atoms with Crippen molar-refractivity contribution in [2.45, 2.75) is 27.2 Å². The number of ketones is 1. The number of esters is 2. The van der Waals surface area contributed by atoms with Crippen molar-refractivity contribution in [1.82, 2.24) is 0 Å². The van der Waals surface area contributed by atoms with Gasteiger partial charge in [-0.15, -0.1) is 0 Å². The number of methoxy groups -OCH3 is 2. The molecule has 0 saturated heterocycles. The van der Waals surface area contributed by atoms with Gasteiger partial charge in [-0.1, -0.05) is 42.0 Å². The molecule has 3 atom stereocenters. The van der Waals surface area contributed by atoms with Gasteiger partial charge in [0.15, 0.2) is 5.78 Å². The molecule has 0 saturated carbocycles. The number of carbonyl (C=O) groups excluding carboxylic acids is 3. The Labute approximate surface area is 160 Å². The van der Waals surface area contributed by atoms with Crippen LogP contribution in [-0.4, -0.2) is 31.9 Å². The van der Waals surface area contributed by atoms with E-state index in [0.717, 1.165) is 16.7 Å². The molecule has 0 aliphatic heterocycles. The first-order chi connectivity index (χ1) is 12.8. The van der Waals surface area contributed by atoms with Gasteiger partial charge in [-0.3, -0.25) is 14.4 Å². The Bertz CT molecular complexity index is 781. The van der Waals surface area contributed by atoms with Crippen LogP contribution in [0.2, 0.25) is 0 Å². The lowest BCUT2D eigenvalue weighted by Crippen LogP contribution is -2.38. The van der Waals surface area contributed by atoms with Gasteiger partial charge in [-0.2, -0.15) is 0 Å². The molecular formula is C22H26O5. The Hall–Kier alpha value is -2.69. The monoisotopic (exact) mass is 370 g/mol. The number of allylic oxidation sites excluding steroid dienone is 4. The van der Waals surface area contributed by atoms with Crippen LogP contribution in [0, 0.1) is 17.8 Å². The highest BCUT2D eigenvalue weighted by Gasteiger charge is 2.43. The summed E-state index contributed by atoms with van der Waals surface area (Å²) in [5.41, 5.74) is 3.52. The van der Waals surface area contributed by atoms with E-state index < -0.39 is 23.8 Å². The number of rotatable bonds is 5. The SMILES string of the molecule is COC(=O)[C@@H]1[C@@H](C(=C(C)C)c2ccc(C(C)=O)cc2)C=CC[C@H]1C(=O)OC. The molecule has 0 aromatic heterocycles. The molecule has 0 radical (unpaired) electrons. The first kappa shape index (κ1) is 20.6. The largest absolute Gasteiger partial charge is 0.469 e. The fourth-order valence-corrected chi connectivity index (χ4v) is 3.70. The van der Waals surface area contributed by atoms with Crippen molar-refractivity contribution in [2.24, 2.45) is 17.8 Å². The van der Waals surface area contributed by atoms with Crippen LogP contribution >= 0.6 is 0 Å². The third-order valence-corrected chi connectivity index (χ3v) is 5.01. The average Bonchev–Trinajstić information content (AvgIpc) is 2.66. The summed E-state index contributed by atoms with van der Waals surface area (Å²) in [4.78, 5) is 36.4. The van der Waals surface area contributed by atoms with Gasteiger partial charge in [0.05, 0.1) is 26.1 Å². The molecule has 0 amide bonds. The van der Waals surface area contributed by atoms with Crippen LogP contribution in [-0.2, 0) is 19.1 Å². The van der Waals surface area contributed by atoms with Gasteiger partial charge in [-0.25, -0.2) is 0 Å². The minimum absolute atomic E-state index is 0.00365. The van der Waals surface area contributed by atoms with Crippen LogP contribution < -0.4 is 0 Å². The predicted molar refractivity (Wildman–Crippen MR) is 103 cm³/mol. The first-order valence-corrected chi connectivity index (χ1v) is 8.92. The molecule has 1 aromatic carbocycles.